The molecule has 2 saturated heterocycles. The van der Waals surface area contributed by atoms with Gasteiger partial charge in [0.15, 0.2) is 0 Å². The summed E-state index contributed by atoms with van der Waals surface area (Å²) in [5.74, 6) is 1.85. The van der Waals surface area contributed by atoms with Crippen LogP contribution in [0.25, 0.3) is 0 Å². The van der Waals surface area contributed by atoms with Gasteiger partial charge in [0.1, 0.15) is 5.82 Å². The number of ether oxygens (including phenoxy) is 1. The second kappa shape index (κ2) is 7.66. The smallest absolute Gasteiger partial charge is 0.227 e. The average Bonchev–Trinajstić information content (AvgIpc) is 3.08. The maximum atomic E-state index is 10.6. The number of aliphatic hydroxyl groups is 1. The van der Waals surface area contributed by atoms with Gasteiger partial charge in [0.25, 0.3) is 0 Å². The Labute approximate surface area is 156 Å². The zero-order chi connectivity index (χ0) is 18.0. The lowest BCUT2D eigenvalue weighted by atomic mass is 10.0. The highest BCUT2D eigenvalue weighted by atomic mass is 16.5. The minimum Gasteiger partial charge on any atom is -0.389 e. The Bertz CT molecular complexity index is 606. The van der Waals surface area contributed by atoms with E-state index < -0.39 is 5.60 Å². The molecule has 1 saturated carbocycles. The van der Waals surface area contributed by atoms with Crippen LogP contribution in [0.3, 0.4) is 0 Å². The lowest BCUT2D eigenvalue weighted by Crippen LogP contribution is -2.51. The van der Waals surface area contributed by atoms with E-state index in [9.17, 15) is 5.11 Å². The topological polar surface area (TPSA) is 65.0 Å². The highest BCUT2D eigenvalue weighted by Gasteiger charge is 2.34. The fourth-order valence-corrected chi connectivity index (χ4v) is 4.35. The number of nitrogens with zero attached hydrogens (tertiary/aromatic N) is 5. The number of morpholine rings is 1. The maximum absolute atomic E-state index is 10.6. The highest BCUT2D eigenvalue weighted by molar-refractivity contribution is 5.46. The molecule has 3 heterocycles. The van der Waals surface area contributed by atoms with E-state index in [4.69, 9.17) is 9.72 Å². The van der Waals surface area contributed by atoms with Crippen molar-refractivity contribution in [1.82, 2.24) is 14.9 Å². The number of hydrogen-bond acceptors (Lipinski definition) is 7. The van der Waals surface area contributed by atoms with Crippen LogP contribution in [0, 0.1) is 6.92 Å². The summed E-state index contributed by atoms with van der Waals surface area (Å²) in [6.45, 7) is 9.93. The molecule has 1 aromatic rings. The van der Waals surface area contributed by atoms with Crippen molar-refractivity contribution in [3.05, 3.63) is 11.8 Å². The number of hydrogen-bond donors (Lipinski definition) is 1. The second-order valence-electron chi connectivity index (χ2n) is 7.96. The third-order valence-electron chi connectivity index (χ3n) is 5.87. The zero-order valence-corrected chi connectivity index (χ0v) is 15.9. The molecule has 1 aliphatic carbocycles. The molecule has 0 bridgehead atoms. The van der Waals surface area contributed by atoms with Crippen LogP contribution in [-0.4, -0.2) is 84.6 Å². The summed E-state index contributed by atoms with van der Waals surface area (Å²) in [7, 11) is 0. The molecule has 4 rings (SSSR count). The van der Waals surface area contributed by atoms with E-state index >= 15 is 0 Å². The standard InChI is InChI=1S/C19H31N5O2/c1-16-14-17(23-10-12-26-13-11-23)21-18(20-16)24-8-6-22(7-9-24)15-19(25)4-2-3-5-19/h14,25H,2-13,15H2,1H3. The van der Waals surface area contributed by atoms with E-state index in [1.54, 1.807) is 0 Å². The predicted molar refractivity (Wildman–Crippen MR) is 102 cm³/mol. The first kappa shape index (κ1) is 17.9. The molecular formula is C19H31N5O2. The summed E-state index contributed by atoms with van der Waals surface area (Å²) < 4.78 is 5.45. The van der Waals surface area contributed by atoms with Gasteiger partial charge in [-0.2, -0.15) is 4.98 Å². The average molecular weight is 361 g/mol. The lowest BCUT2D eigenvalue weighted by molar-refractivity contribution is 0.00796. The summed E-state index contributed by atoms with van der Waals surface area (Å²) in [6.07, 6.45) is 4.24. The molecule has 144 valence electrons. The summed E-state index contributed by atoms with van der Waals surface area (Å²) in [5.41, 5.74) is 0.560. The Kier molecular flexibility index (Phi) is 5.29. The molecule has 0 atom stereocenters. The van der Waals surface area contributed by atoms with Gasteiger partial charge in [0, 0.05) is 57.6 Å². The molecule has 7 nitrogen and oxygen atoms in total. The first-order chi connectivity index (χ1) is 12.6. The second-order valence-corrected chi connectivity index (χ2v) is 7.96. The van der Waals surface area contributed by atoms with Crippen LogP contribution in [0.2, 0.25) is 0 Å². The van der Waals surface area contributed by atoms with Gasteiger partial charge in [-0.15, -0.1) is 0 Å². The SMILES string of the molecule is Cc1cc(N2CCOCC2)nc(N2CCN(CC3(O)CCCC3)CC2)n1. The van der Waals surface area contributed by atoms with E-state index in [1.165, 1.54) is 0 Å². The minimum atomic E-state index is -0.453. The third-order valence-corrected chi connectivity index (χ3v) is 5.87. The van der Waals surface area contributed by atoms with Gasteiger partial charge in [-0.25, -0.2) is 4.98 Å². The minimum absolute atomic E-state index is 0.453. The Morgan fingerprint density at radius 2 is 1.69 bits per heavy atom. The van der Waals surface area contributed by atoms with Gasteiger partial charge < -0.3 is 19.6 Å². The van der Waals surface area contributed by atoms with Crippen molar-refractivity contribution in [2.75, 3.05) is 68.8 Å². The zero-order valence-electron chi connectivity index (χ0n) is 15.9. The molecule has 1 aromatic heterocycles. The van der Waals surface area contributed by atoms with Crippen LogP contribution in [0.4, 0.5) is 11.8 Å². The van der Waals surface area contributed by atoms with Crippen LogP contribution < -0.4 is 9.80 Å². The first-order valence-electron chi connectivity index (χ1n) is 9.99. The van der Waals surface area contributed by atoms with E-state index in [1.807, 2.05) is 6.92 Å². The molecule has 0 aromatic carbocycles. The monoisotopic (exact) mass is 361 g/mol. The number of aromatic nitrogens is 2. The summed E-state index contributed by atoms with van der Waals surface area (Å²) >= 11 is 0. The summed E-state index contributed by atoms with van der Waals surface area (Å²) in [5, 5.41) is 10.6. The van der Waals surface area contributed by atoms with Crippen molar-refractivity contribution in [1.29, 1.82) is 0 Å². The van der Waals surface area contributed by atoms with Gasteiger partial charge in [-0.3, -0.25) is 4.90 Å². The molecule has 2 aliphatic heterocycles. The molecule has 26 heavy (non-hydrogen) atoms. The third kappa shape index (κ3) is 4.10. The van der Waals surface area contributed by atoms with Crippen molar-refractivity contribution in [3.8, 4) is 0 Å². The Morgan fingerprint density at radius 3 is 2.38 bits per heavy atom. The van der Waals surface area contributed by atoms with Gasteiger partial charge in [-0.1, -0.05) is 12.8 Å². The van der Waals surface area contributed by atoms with Crippen LogP contribution in [0.5, 0.6) is 0 Å². The fraction of sp³-hybridized carbons (Fsp3) is 0.789. The quantitative estimate of drug-likeness (QED) is 0.860. The van der Waals surface area contributed by atoms with Crippen LogP contribution in [0.1, 0.15) is 31.4 Å². The van der Waals surface area contributed by atoms with Crippen molar-refractivity contribution < 1.29 is 9.84 Å². The van der Waals surface area contributed by atoms with Crippen LogP contribution in [-0.2, 0) is 4.74 Å². The van der Waals surface area contributed by atoms with E-state index in [-0.39, 0.29) is 0 Å². The Balaban J connectivity index is 1.38. The predicted octanol–water partition coefficient (Wildman–Crippen LogP) is 1.05. The Morgan fingerprint density at radius 1 is 1.00 bits per heavy atom. The van der Waals surface area contributed by atoms with E-state index in [0.29, 0.717) is 0 Å². The number of anilines is 2. The van der Waals surface area contributed by atoms with Gasteiger partial charge in [0.2, 0.25) is 5.95 Å². The van der Waals surface area contributed by atoms with Gasteiger partial charge in [0.05, 0.1) is 18.8 Å². The molecule has 3 fully saturated rings. The van der Waals surface area contributed by atoms with Crippen molar-refractivity contribution in [3.63, 3.8) is 0 Å². The first-order valence-corrected chi connectivity index (χ1v) is 9.99. The van der Waals surface area contributed by atoms with E-state index in [0.717, 1.165) is 102 Å². The largest absolute Gasteiger partial charge is 0.389 e. The van der Waals surface area contributed by atoms with Gasteiger partial charge in [-0.05, 0) is 19.8 Å². The van der Waals surface area contributed by atoms with Gasteiger partial charge >= 0.3 is 0 Å². The normalized spacial score (nSPS) is 24.2. The molecule has 1 N–H and O–H groups in total. The molecule has 0 radical (unpaired) electrons. The summed E-state index contributed by atoms with van der Waals surface area (Å²) in [4.78, 5) is 16.5. The molecule has 0 unspecified atom stereocenters. The fourth-order valence-electron chi connectivity index (χ4n) is 4.35. The number of β-amino-alcohol motifs (C(OH)–C–C–N with tert-alkyl or cyclic N) is 1. The molecule has 0 spiro atoms. The highest BCUT2D eigenvalue weighted by Crippen LogP contribution is 2.30. The molecular weight excluding hydrogens is 330 g/mol. The van der Waals surface area contributed by atoms with Crippen LogP contribution >= 0.6 is 0 Å². The summed E-state index contributed by atoms with van der Waals surface area (Å²) in [6, 6.07) is 2.07. The van der Waals surface area contributed by atoms with E-state index in [2.05, 4.69) is 25.8 Å². The maximum Gasteiger partial charge on any atom is 0.227 e. The molecule has 0 amide bonds. The van der Waals surface area contributed by atoms with Crippen molar-refractivity contribution >= 4 is 11.8 Å². The van der Waals surface area contributed by atoms with Crippen molar-refractivity contribution in [2.45, 2.75) is 38.2 Å². The Hall–Kier alpha value is -1.44. The number of aryl methyl sites for hydroxylation is 1. The number of piperazine rings is 1. The molecule has 7 heteroatoms. The lowest BCUT2D eigenvalue weighted by Gasteiger charge is -2.38. The van der Waals surface area contributed by atoms with Crippen LogP contribution in [0.15, 0.2) is 6.07 Å². The molecule has 3 aliphatic rings. The van der Waals surface area contributed by atoms with Crippen molar-refractivity contribution in [2.24, 2.45) is 0 Å². The number of rotatable bonds is 4.